The van der Waals surface area contributed by atoms with Crippen LogP contribution in [0.4, 0.5) is 5.13 Å². The van der Waals surface area contributed by atoms with Crippen LogP contribution in [0.5, 0.6) is 5.75 Å². The van der Waals surface area contributed by atoms with Crippen molar-refractivity contribution in [3.05, 3.63) is 18.2 Å². The van der Waals surface area contributed by atoms with Gasteiger partial charge in [-0.1, -0.05) is 11.3 Å². The van der Waals surface area contributed by atoms with Gasteiger partial charge in [-0.15, -0.1) is 0 Å². The smallest absolute Gasteiger partial charge is 0.227 e. The van der Waals surface area contributed by atoms with E-state index in [0.717, 1.165) is 60.1 Å². The van der Waals surface area contributed by atoms with Crippen LogP contribution in [0.1, 0.15) is 12.8 Å². The van der Waals surface area contributed by atoms with E-state index in [-0.39, 0.29) is 11.8 Å². The quantitative estimate of drug-likeness (QED) is 0.840. The molecule has 0 N–H and O–H groups in total. The highest BCUT2D eigenvalue weighted by molar-refractivity contribution is 7.22. The van der Waals surface area contributed by atoms with Crippen molar-refractivity contribution >= 4 is 32.6 Å². The van der Waals surface area contributed by atoms with Gasteiger partial charge < -0.3 is 19.3 Å². The number of piperidine rings is 1. The number of carbonyl (C=O) groups is 1. The Bertz CT molecular complexity index is 757. The summed E-state index contributed by atoms with van der Waals surface area (Å²) in [6.45, 7) is 4.47. The minimum atomic E-state index is 0.0633. The molecule has 1 aromatic carbocycles. The minimum absolute atomic E-state index is 0.0633. The lowest BCUT2D eigenvalue weighted by Gasteiger charge is -2.36. The van der Waals surface area contributed by atoms with E-state index in [2.05, 4.69) is 4.90 Å². The zero-order valence-corrected chi connectivity index (χ0v) is 15.3. The molecule has 2 aliphatic rings. The number of thiazole rings is 1. The van der Waals surface area contributed by atoms with E-state index < -0.39 is 0 Å². The third-order valence-electron chi connectivity index (χ3n) is 4.95. The Balaban J connectivity index is 1.49. The molecule has 0 aliphatic carbocycles. The predicted molar refractivity (Wildman–Crippen MR) is 98.5 cm³/mol. The molecule has 2 saturated heterocycles. The number of aromatic nitrogens is 1. The highest BCUT2D eigenvalue weighted by atomic mass is 32.1. The van der Waals surface area contributed by atoms with Crippen LogP contribution in [0.2, 0.25) is 0 Å². The maximum atomic E-state index is 12.8. The summed E-state index contributed by atoms with van der Waals surface area (Å²) in [4.78, 5) is 21.8. The molecular weight excluding hydrogens is 338 g/mol. The first-order chi connectivity index (χ1) is 12.2. The van der Waals surface area contributed by atoms with Gasteiger partial charge in [0.1, 0.15) is 5.75 Å². The van der Waals surface area contributed by atoms with Crippen LogP contribution in [-0.4, -0.2) is 62.3 Å². The highest BCUT2D eigenvalue weighted by Gasteiger charge is 2.31. The van der Waals surface area contributed by atoms with Gasteiger partial charge in [-0.2, -0.15) is 0 Å². The molecule has 4 rings (SSSR count). The molecular formula is C18H23N3O3S. The van der Waals surface area contributed by atoms with E-state index >= 15 is 0 Å². The lowest BCUT2D eigenvalue weighted by molar-refractivity contribution is -0.139. The van der Waals surface area contributed by atoms with E-state index in [1.807, 2.05) is 23.1 Å². The predicted octanol–water partition coefficient (Wildman–Crippen LogP) is 2.38. The summed E-state index contributed by atoms with van der Waals surface area (Å²) < 4.78 is 11.8. The second-order valence-corrected chi connectivity index (χ2v) is 7.56. The first kappa shape index (κ1) is 16.6. The monoisotopic (exact) mass is 361 g/mol. The molecule has 7 heteroatoms. The molecule has 134 valence electrons. The molecule has 2 aromatic rings. The number of morpholine rings is 1. The molecule has 2 fully saturated rings. The van der Waals surface area contributed by atoms with Crippen molar-refractivity contribution in [2.45, 2.75) is 12.8 Å². The van der Waals surface area contributed by atoms with Gasteiger partial charge in [0.15, 0.2) is 5.13 Å². The Hall–Kier alpha value is -1.86. The fourth-order valence-corrected chi connectivity index (χ4v) is 4.58. The number of hydrogen-bond donors (Lipinski definition) is 0. The number of fused-ring (bicyclic) bond motifs is 1. The molecule has 0 saturated carbocycles. The Morgan fingerprint density at radius 1 is 1.32 bits per heavy atom. The Kier molecular flexibility index (Phi) is 4.76. The molecule has 3 heterocycles. The van der Waals surface area contributed by atoms with Crippen LogP contribution in [0.15, 0.2) is 18.2 Å². The third-order valence-corrected chi connectivity index (χ3v) is 6.03. The summed E-state index contributed by atoms with van der Waals surface area (Å²) in [5.41, 5.74) is 0.988. The van der Waals surface area contributed by atoms with Crippen molar-refractivity contribution in [3.8, 4) is 5.75 Å². The van der Waals surface area contributed by atoms with Crippen LogP contribution in [0.25, 0.3) is 10.2 Å². The maximum Gasteiger partial charge on any atom is 0.227 e. The molecule has 0 spiro atoms. The molecule has 1 aromatic heterocycles. The van der Waals surface area contributed by atoms with Crippen LogP contribution < -0.4 is 9.64 Å². The molecule has 0 bridgehead atoms. The summed E-state index contributed by atoms with van der Waals surface area (Å²) in [6, 6.07) is 5.96. The van der Waals surface area contributed by atoms with Gasteiger partial charge in [-0.05, 0) is 31.0 Å². The highest BCUT2D eigenvalue weighted by Crippen LogP contribution is 2.33. The molecule has 6 nitrogen and oxygen atoms in total. The normalized spacial score (nSPS) is 21.6. The van der Waals surface area contributed by atoms with Gasteiger partial charge in [0.2, 0.25) is 5.91 Å². The topological polar surface area (TPSA) is 54.9 Å². The van der Waals surface area contributed by atoms with Crippen molar-refractivity contribution in [3.63, 3.8) is 0 Å². The Labute approximate surface area is 151 Å². The number of carbonyl (C=O) groups excluding carboxylic acids is 1. The number of benzene rings is 1. The number of nitrogens with zero attached hydrogens (tertiary/aromatic N) is 3. The number of ether oxygens (including phenoxy) is 2. The van der Waals surface area contributed by atoms with Crippen molar-refractivity contribution in [2.75, 3.05) is 51.4 Å². The Morgan fingerprint density at radius 2 is 2.16 bits per heavy atom. The molecule has 1 amide bonds. The average molecular weight is 361 g/mol. The van der Waals surface area contributed by atoms with Crippen molar-refractivity contribution in [1.82, 2.24) is 9.88 Å². The van der Waals surface area contributed by atoms with Gasteiger partial charge in [-0.3, -0.25) is 4.79 Å². The van der Waals surface area contributed by atoms with E-state index in [1.54, 1.807) is 18.4 Å². The number of methoxy groups -OCH3 is 1. The largest absolute Gasteiger partial charge is 0.497 e. The summed E-state index contributed by atoms with van der Waals surface area (Å²) in [6.07, 6.45) is 1.99. The van der Waals surface area contributed by atoms with Crippen LogP contribution in [0, 0.1) is 5.92 Å². The molecule has 0 radical (unpaired) electrons. The average Bonchev–Trinajstić information content (AvgIpc) is 3.11. The summed E-state index contributed by atoms with van der Waals surface area (Å²) in [5, 5.41) is 1.00. The van der Waals surface area contributed by atoms with Crippen molar-refractivity contribution in [1.29, 1.82) is 0 Å². The summed E-state index contributed by atoms with van der Waals surface area (Å²) in [7, 11) is 1.68. The number of anilines is 1. The molecule has 1 atom stereocenters. The SMILES string of the molecule is COc1ccc2nc(N3CCCC(C(=O)N4CCOCC4)C3)sc2c1. The van der Waals surface area contributed by atoms with Crippen LogP contribution in [0.3, 0.4) is 0 Å². The van der Waals surface area contributed by atoms with E-state index in [9.17, 15) is 4.79 Å². The van der Waals surface area contributed by atoms with Crippen LogP contribution >= 0.6 is 11.3 Å². The van der Waals surface area contributed by atoms with E-state index in [4.69, 9.17) is 14.5 Å². The van der Waals surface area contributed by atoms with Gasteiger partial charge in [0.05, 0.1) is 36.5 Å². The fourth-order valence-electron chi connectivity index (χ4n) is 3.55. The van der Waals surface area contributed by atoms with Gasteiger partial charge >= 0.3 is 0 Å². The lowest BCUT2D eigenvalue weighted by atomic mass is 9.96. The lowest BCUT2D eigenvalue weighted by Crippen LogP contribution is -2.48. The van der Waals surface area contributed by atoms with E-state index in [1.165, 1.54) is 0 Å². The minimum Gasteiger partial charge on any atom is -0.497 e. The zero-order valence-electron chi connectivity index (χ0n) is 14.4. The van der Waals surface area contributed by atoms with Gasteiger partial charge in [0.25, 0.3) is 0 Å². The third kappa shape index (κ3) is 3.43. The molecule has 1 unspecified atom stereocenters. The number of rotatable bonds is 3. The number of amides is 1. The van der Waals surface area contributed by atoms with Crippen molar-refractivity contribution in [2.24, 2.45) is 5.92 Å². The maximum absolute atomic E-state index is 12.8. The first-order valence-corrected chi connectivity index (χ1v) is 9.62. The van der Waals surface area contributed by atoms with Gasteiger partial charge in [0, 0.05) is 26.2 Å². The zero-order chi connectivity index (χ0) is 17.2. The second-order valence-electron chi connectivity index (χ2n) is 6.55. The standard InChI is InChI=1S/C18H23N3O3S/c1-23-14-4-5-15-16(11-14)25-18(19-15)21-6-2-3-13(12-21)17(22)20-7-9-24-10-8-20/h4-5,11,13H,2-3,6-10,12H2,1H3. The second kappa shape index (κ2) is 7.17. The van der Waals surface area contributed by atoms with Gasteiger partial charge in [-0.25, -0.2) is 4.98 Å². The molecule has 25 heavy (non-hydrogen) atoms. The van der Waals surface area contributed by atoms with Crippen LogP contribution in [-0.2, 0) is 9.53 Å². The summed E-state index contributed by atoms with van der Waals surface area (Å²) >= 11 is 1.67. The van der Waals surface area contributed by atoms with Crippen molar-refractivity contribution < 1.29 is 14.3 Å². The number of hydrogen-bond acceptors (Lipinski definition) is 6. The first-order valence-electron chi connectivity index (χ1n) is 8.80. The summed E-state index contributed by atoms with van der Waals surface area (Å²) in [5.74, 6) is 1.19. The fraction of sp³-hybridized carbons (Fsp3) is 0.556. The molecule has 2 aliphatic heterocycles. The van der Waals surface area contributed by atoms with E-state index in [0.29, 0.717) is 13.2 Å². The Morgan fingerprint density at radius 3 is 2.96 bits per heavy atom.